The molecule has 0 bridgehead atoms. The molecule has 0 aromatic carbocycles. The predicted molar refractivity (Wildman–Crippen MR) is 69.4 cm³/mol. The van der Waals surface area contributed by atoms with Crippen LogP contribution in [0, 0.1) is 0 Å². The first-order chi connectivity index (χ1) is 8.36. The fourth-order valence-corrected chi connectivity index (χ4v) is 2.39. The third-order valence-electron chi connectivity index (χ3n) is 1.84. The Morgan fingerprint density at radius 3 is 1.65 bits per heavy atom. The van der Waals surface area contributed by atoms with Crippen molar-refractivity contribution in [1.82, 2.24) is 0 Å². The first-order valence-electron chi connectivity index (χ1n) is 5.64. The number of hydrogen-bond acceptors (Lipinski definition) is 7. The van der Waals surface area contributed by atoms with Gasteiger partial charge in [-0.25, -0.2) is 0 Å². The fourth-order valence-electron chi connectivity index (χ4n) is 0.852. The molecule has 2 fully saturated rings. The lowest BCUT2D eigenvalue weighted by atomic mass is 10.5. The molecule has 0 radical (unpaired) electrons. The van der Waals surface area contributed by atoms with Crippen molar-refractivity contribution < 1.29 is 24.4 Å². The van der Waals surface area contributed by atoms with Gasteiger partial charge in [-0.1, -0.05) is 21.6 Å². The Kier molecular flexibility index (Phi) is 9.54. The molecule has 17 heavy (non-hydrogen) atoms. The molecule has 7 heteroatoms. The molecule has 2 atom stereocenters. The number of hydrogen-bond donors (Lipinski definition) is 2. The van der Waals surface area contributed by atoms with E-state index < -0.39 is 0 Å². The summed E-state index contributed by atoms with van der Waals surface area (Å²) in [7, 11) is 3.17. The van der Waals surface area contributed by atoms with Crippen LogP contribution >= 0.6 is 21.6 Å². The highest BCUT2D eigenvalue weighted by molar-refractivity contribution is 8.76. The van der Waals surface area contributed by atoms with Gasteiger partial charge >= 0.3 is 0 Å². The molecular weight excluding hydrogens is 264 g/mol. The fraction of sp³-hybridized carbons (Fsp3) is 1.00. The molecule has 102 valence electrons. The molecule has 0 saturated carbocycles. The van der Waals surface area contributed by atoms with Gasteiger partial charge in [0.1, 0.15) is 12.2 Å². The number of ether oxygens (including phenoxy) is 3. The van der Waals surface area contributed by atoms with Crippen molar-refractivity contribution in [2.24, 2.45) is 0 Å². The van der Waals surface area contributed by atoms with Gasteiger partial charge in [-0.05, 0) is 0 Å². The molecular formula is C10H20O5S2. The Balaban J connectivity index is 0.000000172. The van der Waals surface area contributed by atoms with Gasteiger partial charge in [0.25, 0.3) is 0 Å². The quantitative estimate of drug-likeness (QED) is 0.355. The molecule has 2 N–H and O–H groups in total. The first-order valence-corrected chi connectivity index (χ1v) is 8.12. The maximum Gasteiger partial charge on any atom is 0.104 e. The van der Waals surface area contributed by atoms with Crippen LogP contribution in [0.5, 0.6) is 0 Å². The molecule has 0 aromatic heterocycles. The summed E-state index contributed by atoms with van der Waals surface area (Å²) in [5.41, 5.74) is 0. The lowest BCUT2D eigenvalue weighted by Gasteiger charge is -1.95. The van der Waals surface area contributed by atoms with Gasteiger partial charge < -0.3 is 24.4 Å². The second-order valence-electron chi connectivity index (χ2n) is 3.54. The Morgan fingerprint density at radius 1 is 0.941 bits per heavy atom. The SMILES string of the molecule is C(OCC1CO1)C1CO1.OCCSSCCO. The summed E-state index contributed by atoms with van der Waals surface area (Å²) in [5, 5.41) is 16.5. The summed E-state index contributed by atoms with van der Waals surface area (Å²) >= 11 is 0. The van der Waals surface area contributed by atoms with Crippen molar-refractivity contribution in [2.45, 2.75) is 12.2 Å². The van der Waals surface area contributed by atoms with E-state index in [1.807, 2.05) is 0 Å². The number of epoxide rings is 2. The molecule has 2 aliphatic rings. The Bertz CT molecular complexity index is 158. The highest BCUT2D eigenvalue weighted by atomic mass is 33.1. The van der Waals surface area contributed by atoms with E-state index in [1.54, 1.807) is 21.6 Å². The summed E-state index contributed by atoms with van der Waals surface area (Å²) in [6.07, 6.45) is 0.785. The third kappa shape index (κ3) is 11.3. The van der Waals surface area contributed by atoms with Crippen molar-refractivity contribution >= 4 is 21.6 Å². The number of aliphatic hydroxyl groups excluding tert-OH is 2. The molecule has 2 aliphatic heterocycles. The summed E-state index contributed by atoms with van der Waals surface area (Å²) < 4.78 is 15.1. The van der Waals surface area contributed by atoms with Crippen LogP contribution in [0.4, 0.5) is 0 Å². The minimum atomic E-state index is 0.225. The van der Waals surface area contributed by atoms with E-state index >= 15 is 0 Å². The summed E-state index contributed by atoms with van der Waals surface area (Å²) in [6, 6.07) is 0. The van der Waals surface area contributed by atoms with Crippen LogP contribution in [0.15, 0.2) is 0 Å². The van der Waals surface area contributed by atoms with Gasteiger partial charge in [-0.15, -0.1) is 0 Å². The van der Waals surface area contributed by atoms with Crippen LogP contribution in [0.1, 0.15) is 0 Å². The van der Waals surface area contributed by atoms with Gasteiger partial charge in [0.2, 0.25) is 0 Å². The molecule has 2 unspecified atom stereocenters. The molecule has 0 aromatic rings. The van der Waals surface area contributed by atoms with Crippen molar-refractivity contribution in [3.05, 3.63) is 0 Å². The van der Waals surface area contributed by atoms with Crippen LogP contribution in [0.2, 0.25) is 0 Å². The average Bonchev–Trinajstić information content (AvgIpc) is 3.19. The Morgan fingerprint density at radius 2 is 1.35 bits per heavy atom. The Hall–Kier alpha value is 0.500. The highest BCUT2D eigenvalue weighted by Gasteiger charge is 2.26. The number of rotatable bonds is 9. The lowest BCUT2D eigenvalue weighted by molar-refractivity contribution is 0.102. The van der Waals surface area contributed by atoms with Gasteiger partial charge in [0, 0.05) is 11.5 Å². The van der Waals surface area contributed by atoms with E-state index in [4.69, 9.17) is 24.4 Å². The van der Waals surface area contributed by atoms with Crippen LogP contribution in [-0.2, 0) is 14.2 Å². The minimum absolute atomic E-state index is 0.225. The smallest absolute Gasteiger partial charge is 0.104 e. The van der Waals surface area contributed by atoms with E-state index in [0.29, 0.717) is 12.2 Å². The second kappa shape index (κ2) is 10.4. The normalized spacial score (nSPS) is 25.1. The van der Waals surface area contributed by atoms with Crippen molar-refractivity contribution in [1.29, 1.82) is 0 Å². The summed E-state index contributed by atoms with van der Waals surface area (Å²) in [6.45, 7) is 3.71. The third-order valence-corrected chi connectivity index (χ3v) is 4.21. The zero-order valence-electron chi connectivity index (χ0n) is 9.75. The lowest BCUT2D eigenvalue weighted by Crippen LogP contribution is -2.06. The molecule has 2 heterocycles. The van der Waals surface area contributed by atoms with Crippen LogP contribution < -0.4 is 0 Å². The van der Waals surface area contributed by atoms with Gasteiger partial charge in [0.15, 0.2) is 0 Å². The van der Waals surface area contributed by atoms with E-state index in [2.05, 4.69) is 0 Å². The van der Waals surface area contributed by atoms with Gasteiger partial charge in [-0.3, -0.25) is 0 Å². The molecule has 0 spiro atoms. The van der Waals surface area contributed by atoms with Crippen LogP contribution in [-0.4, -0.2) is 73.6 Å². The van der Waals surface area contributed by atoms with Crippen molar-refractivity contribution in [3.8, 4) is 0 Å². The predicted octanol–water partition coefficient (Wildman–Crippen LogP) is 0.153. The van der Waals surface area contributed by atoms with Gasteiger partial charge in [-0.2, -0.15) is 0 Å². The molecule has 0 aliphatic carbocycles. The van der Waals surface area contributed by atoms with E-state index in [9.17, 15) is 0 Å². The zero-order chi connectivity index (χ0) is 12.3. The second-order valence-corrected chi connectivity index (χ2v) is 6.24. The van der Waals surface area contributed by atoms with Crippen molar-refractivity contribution in [3.63, 3.8) is 0 Å². The Labute approximate surface area is 110 Å². The maximum absolute atomic E-state index is 8.27. The highest BCUT2D eigenvalue weighted by Crippen LogP contribution is 2.18. The number of aliphatic hydroxyl groups is 2. The molecule has 0 amide bonds. The van der Waals surface area contributed by atoms with Crippen LogP contribution in [0.25, 0.3) is 0 Å². The van der Waals surface area contributed by atoms with Gasteiger partial charge in [0.05, 0.1) is 39.6 Å². The minimum Gasteiger partial charge on any atom is -0.395 e. The van der Waals surface area contributed by atoms with E-state index in [1.165, 1.54) is 0 Å². The van der Waals surface area contributed by atoms with E-state index in [0.717, 1.165) is 37.9 Å². The standard InChI is InChI=1S/C6H10O3.C4H10O2S2/c1(5-3-8-5)7-2-6-4-9-6;5-1-3-7-8-4-2-6/h5-6H,1-4H2;5-6H,1-4H2. The van der Waals surface area contributed by atoms with Crippen LogP contribution in [0.3, 0.4) is 0 Å². The molecule has 2 rings (SSSR count). The molecule has 5 nitrogen and oxygen atoms in total. The first kappa shape index (κ1) is 15.6. The molecule has 2 saturated heterocycles. The monoisotopic (exact) mass is 284 g/mol. The van der Waals surface area contributed by atoms with E-state index in [-0.39, 0.29) is 13.2 Å². The maximum atomic E-state index is 8.27. The largest absolute Gasteiger partial charge is 0.395 e. The average molecular weight is 284 g/mol. The summed E-state index contributed by atoms with van der Waals surface area (Å²) in [4.78, 5) is 0. The topological polar surface area (TPSA) is 74.8 Å². The zero-order valence-corrected chi connectivity index (χ0v) is 11.4. The summed E-state index contributed by atoms with van der Waals surface area (Å²) in [5.74, 6) is 1.51. The van der Waals surface area contributed by atoms with Crippen molar-refractivity contribution in [2.75, 3.05) is 51.1 Å².